The smallest absolute Gasteiger partial charge is 0.206 e. The SMILES string of the molecule is CN(C)CCNc1nnc(Br)s1. The predicted octanol–water partition coefficient (Wildman–Crippen LogP) is 1.27. The number of aromatic nitrogens is 2. The van der Waals surface area contributed by atoms with Crippen LogP contribution in [0.25, 0.3) is 0 Å². The first kappa shape index (κ1) is 9.88. The average Bonchev–Trinajstić information content (AvgIpc) is 2.35. The molecule has 0 aromatic carbocycles. The molecule has 1 N–H and O–H groups in total. The number of hydrogen-bond acceptors (Lipinski definition) is 5. The third kappa shape index (κ3) is 3.46. The first-order chi connectivity index (χ1) is 5.68. The molecule has 0 bridgehead atoms. The molecule has 0 radical (unpaired) electrons. The van der Waals surface area contributed by atoms with E-state index in [2.05, 4.69) is 36.3 Å². The third-order valence-electron chi connectivity index (χ3n) is 1.24. The highest BCUT2D eigenvalue weighted by Gasteiger charge is 1.99. The van der Waals surface area contributed by atoms with Gasteiger partial charge in [-0.05, 0) is 30.0 Å². The summed E-state index contributed by atoms with van der Waals surface area (Å²) in [6.45, 7) is 1.89. The Morgan fingerprint density at radius 1 is 1.50 bits per heavy atom. The maximum Gasteiger partial charge on any atom is 0.206 e. The van der Waals surface area contributed by atoms with E-state index in [1.807, 2.05) is 14.1 Å². The lowest BCUT2D eigenvalue weighted by atomic mass is 10.6. The molecule has 1 rings (SSSR count). The van der Waals surface area contributed by atoms with E-state index in [4.69, 9.17) is 0 Å². The Hall–Kier alpha value is -0.200. The van der Waals surface area contributed by atoms with E-state index < -0.39 is 0 Å². The molecular formula is C6H11BrN4S. The van der Waals surface area contributed by atoms with Gasteiger partial charge < -0.3 is 10.2 Å². The summed E-state index contributed by atoms with van der Waals surface area (Å²) >= 11 is 4.75. The molecular weight excluding hydrogens is 240 g/mol. The molecule has 0 fully saturated rings. The quantitative estimate of drug-likeness (QED) is 0.875. The van der Waals surface area contributed by atoms with Crippen LogP contribution in [0.15, 0.2) is 3.92 Å². The molecule has 12 heavy (non-hydrogen) atoms. The Kier molecular flexibility index (Phi) is 3.90. The maximum atomic E-state index is 3.90. The normalized spacial score (nSPS) is 10.7. The van der Waals surface area contributed by atoms with Gasteiger partial charge in [-0.25, -0.2) is 0 Å². The molecule has 68 valence electrons. The van der Waals surface area contributed by atoms with Crippen molar-refractivity contribution in [2.75, 3.05) is 32.5 Å². The lowest BCUT2D eigenvalue weighted by molar-refractivity contribution is 0.425. The minimum absolute atomic E-state index is 0.815. The van der Waals surface area contributed by atoms with Gasteiger partial charge in [-0.3, -0.25) is 0 Å². The van der Waals surface area contributed by atoms with Crippen LogP contribution in [0.4, 0.5) is 5.13 Å². The van der Waals surface area contributed by atoms with Gasteiger partial charge in [-0.15, -0.1) is 10.2 Å². The highest BCUT2D eigenvalue weighted by molar-refractivity contribution is 9.11. The molecule has 4 nitrogen and oxygen atoms in total. The van der Waals surface area contributed by atoms with Crippen LogP contribution in [0.3, 0.4) is 0 Å². The van der Waals surface area contributed by atoms with Gasteiger partial charge in [-0.2, -0.15) is 0 Å². The lowest BCUT2D eigenvalue weighted by Crippen LogP contribution is -2.20. The fraction of sp³-hybridized carbons (Fsp3) is 0.667. The van der Waals surface area contributed by atoms with Crippen molar-refractivity contribution in [3.05, 3.63) is 3.92 Å². The summed E-state index contributed by atoms with van der Waals surface area (Å²) in [5.41, 5.74) is 0. The Morgan fingerprint density at radius 2 is 2.25 bits per heavy atom. The van der Waals surface area contributed by atoms with Crippen molar-refractivity contribution in [1.29, 1.82) is 0 Å². The molecule has 0 spiro atoms. The predicted molar refractivity (Wildman–Crippen MR) is 54.7 cm³/mol. The van der Waals surface area contributed by atoms with Gasteiger partial charge in [0.1, 0.15) is 0 Å². The largest absolute Gasteiger partial charge is 0.359 e. The second-order valence-corrected chi connectivity index (χ2v) is 4.84. The van der Waals surface area contributed by atoms with Gasteiger partial charge in [0.05, 0.1) is 0 Å². The molecule has 0 aliphatic rings. The van der Waals surface area contributed by atoms with Crippen LogP contribution in [0.1, 0.15) is 0 Å². The summed E-state index contributed by atoms with van der Waals surface area (Å²) in [6.07, 6.45) is 0. The minimum atomic E-state index is 0.815. The lowest BCUT2D eigenvalue weighted by Gasteiger charge is -2.08. The van der Waals surface area contributed by atoms with Crippen molar-refractivity contribution in [3.63, 3.8) is 0 Å². The molecule has 6 heteroatoms. The van der Waals surface area contributed by atoms with Crippen LogP contribution in [0.5, 0.6) is 0 Å². The molecule has 1 aromatic rings. The number of nitrogens with zero attached hydrogens (tertiary/aromatic N) is 3. The highest BCUT2D eigenvalue weighted by Crippen LogP contribution is 2.19. The van der Waals surface area contributed by atoms with E-state index in [1.54, 1.807) is 0 Å². The van der Waals surface area contributed by atoms with Crippen molar-refractivity contribution >= 4 is 32.4 Å². The Balaban J connectivity index is 2.24. The monoisotopic (exact) mass is 250 g/mol. The summed E-state index contributed by atoms with van der Waals surface area (Å²) < 4.78 is 0.815. The fourth-order valence-electron chi connectivity index (χ4n) is 0.663. The molecule has 0 aliphatic heterocycles. The van der Waals surface area contributed by atoms with Crippen LogP contribution in [0.2, 0.25) is 0 Å². The number of hydrogen-bond donors (Lipinski definition) is 1. The molecule has 1 heterocycles. The number of nitrogens with one attached hydrogen (secondary N) is 1. The topological polar surface area (TPSA) is 41.0 Å². The average molecular weight is 251 g/mol. The first-order valence-electron chi connectivity index (χ1n) is 3.56. The number of halogens is 1. The summed E-state index contributed by atoms with van der Waals surface area (Å²) in [4.78, 5) is 2.11. The zero-order valence-electron chi connectivity index (χ0n) is 7.04. The Morgan fingerprint density at radius 3 is 2.75 bits per heavy atom. The Labute approximate surface area is 84.1 Å². The van der Waals surface area contributed by atoms with E-state index in [1.165, 1.54) is 11.3 Å². The zero-order chi connectivity index (χ0) is 8.97. The second kappa shape index (κ2) is 4.74. The van der Waals surface area contributed by atoms with E-state index in [-0.39, 0.29) is 0 Å². The van der Waals surface area contributed by atoms with Crippen molar-refractivity contribution in [2.24, 2.45) is 0 Å². The summed E-state index contributed by atoms with van der Waals surface area (Å²) in [7, 11) is 4.08. The van der Waals surface area contributed by atoms with E-state index in [0.29, 0.717) is 0 Å². The maximum absolute atomic E-state index is 3.90. The van der Waals surface area contributed by atoms with Crippen molar-refractivity contribution in [3.8, 4) is 0 Å². The van der Waals surface area contributed by atoms with Crippen LogP contribution in [-0.4, -0.2) is 42.3 Å². The number of anilines is 1. The van der Waals surface area contributed by atoms with Crippen LogP contribution < -0.4 is 5.32 Å². The van der Waals surface area contributed by atoms with Gasteiger partial charge in [0.15, 0.2) is 3.92 Å². The van der Waals surface area contributed by atoms with Crippen molar-refractivity contribution in [1.82, 2.24) is 15.1 Å². The zero-order valence-corrected chi connectivity index (χ0v) is 9.44. The summed E-state index contributed by atoms with van der Waals surface area (Å²) in [6, 6.07) is 0. The van der Waals surface area contributed by atoms with E-state index in [9.17, 15) is 0 Å². The number of likely N-dealkylation sites (N-methyl/N-ethyl adjacent to an activating group) is 1. The van der Waals surface area contributed by atoms with Gasteiger partial charge in [0.2, 0.25) is 5.13 Å². The van der Waals surface area contributed by atoms with Crippen LogP contribution in [0, 0.1) is 0 Å². The van der Waals surface area contributed by atoms with Gasteiger partial charge >= 0.3 is 0 Å². The van der Waals surface area contributed by atoms with Crippen molar-refractivity contribution < 1.29 is 0 Å². The molecule has 1 aromatic heterocycles. The second-order valence-electron chi connectivity index (χ2n) is 2.59. The third-order valence-corrected chi connectivity index (χ3v) is 2.55. The van der Waals surface area contributed by atoms with E-state index >= 15 is 0 Å². The highest BCUT2D eigenvalue weighted by atomic mass is 79.9. The van der Waals surface area contributed by atoms with Gasteiger partial charge in [0.25, 0.3) is 0 Å². The van der Waals surface area contributed by atoms with Crippen LogP contribution in [-0.2, 0) is 0 Å². The molecule has 0 amide bonds. The van der Waals surface area contributed by atoms with Crippen molar-refractivity contribution in [2.45, 2.75) is 0 Å². The molecule has 0 saturated carbocycles. The minimum Gasteiger partial charge on any atom is -0.359 e. The fourth-order valence-corrected chi connectivity index (χ4v) is 1.70. The molecule has 0 atom stereocenters. The van der Waals surface area contributed by atoms with Crippen LogP contribution >= 0.6 is 27.3 Å². The number of rotatable bonds is 4. The standard InChI is InChI=1S/C6H11BrN4S/c1-11(2)4-3-8-6-10-9-5(7)12-6/h3-4H2,1-2H3,(H,8,10). The van der Waals surface area contributed by atoms with Gasteiger partial charge in [-0.1, -0.05) is 11.3 Å². The van der Waals surface area contributed by atoms with Gasteiger partial charge in [0, 0.05) is 13.1 Å². The summed E-state index contributed by atoms with van der Waals surface area (Å²) in [5, 5.41) is 11.8. The summed E-state index contributed by atoms with van der Waals surface area (Å²) in [5.74, 6) is 0. The molecule has 0 aliphatic carbocycles. The first-order valence-corrected chi connectivity index (χ1v) is 5.17. The molecule has 0 saturated heterocycles. The van der Waals surface area contributed by atoms with E-state index in [0.717, 1.165) is 22.1 Å². The molecule has 0 unspecified atom stereocenters. The Bertz CT molecular complexity index is 237.